The van der Waals surface area contributed by atoms with Crippen LogP contribution >= 0.6 is 0 Å². The molecule has 0 bridgehead atoms. The maximum atomic E-state index is 11.2. The second kappa shape index (κ2) is 5.14. The van der Waals surface area contributed by atoms with Crippen LogP contribution < -0.4 is 5.73 Å². The van der Waals surface area contributed by atoms with Gasteiger partial charge < -0.3 is 10.3 Å². The fraction of sp³-hybridized carbons (Fsp3) is 0.0588. The van der Waals surface area contributed by atoms with E-state index in [1.54, 1.807) is 18.2 Å². The Balaban J connectivity index is 1.97. The average molecular weight is 275 g/mol. The molecule has 21 heavy (non-hydrogen) atoms. The summed E-state index contributed by atoms with van der Waals surface area (Å²) < 4.78 is 2.08. The number of rotatable bonds is 3. The van der Waals surface area contributed by atoms with Crippen LogP contribution in [0.2, 0.25) is 0 Å². The second-order valence-corrected chi connectivity index (χ2v) is 4.89. The van der Waals surface area contributed by atoms with Crippen LogP contribution in [0.3, 0.4) is 0 Å². The van der Waals surface area contributed by atoms with E-state index in [0.717, 1.165) is 16.5 Å². The highest BCUT2D eigenvalue weighted by molar-refractivity contribution is 5.92. The van der Waals surface area contributed by atoms with Gasteiger partial charge in [-0.05, 0) is 42.0 Å². The summed E-state index contributed by atoms with van der Waals surface area (Å²) in [5, 5.41) is 9.95. The van der Waals surface area contributed by atoms with Crippen molar-refractivity contribution in [2.24, 2.45) is 5.73 Å². The van der Waals surface area contributed by atoms with Gasteiger partial charge in [0, 0.05) is 29.2 Å². The minimum atomic E-state index is -0.423. The van der Waals surface area contributed by atoms with Gasteiger partial charge in [0.05, 0.1) is 11.6 Å². The molecule has 4 heteroatoms. The number of nitrogens with zero attached hydrogens (tertiary/aromatic N) is 2. The van der Waals surface area contributed by atoms with Crippen LogP contribution in [0.4, 0.5) is 0 Å². The molecule has 2 aromatic carbocycles. The Bertz CT molecular complexity index is 871. The number of nitriles is 1. The lowest BCUT2D eigenvalue weighted by atomic mass is 10.1. The Morgan fingerprint density at radius 2 is 2.05 bits per heavy atom. The number of hydrogen-bond donors (Lipinski definition) is 1. The molecule has 102 valence electrons. The Labute approximate surface area is 122 Å². The molecule has 3 rings (SSSR count). The number of aromatic nitrogens is 1. The summed E-state index contributed by atoms with van der Waals surface area (Å²) >= 11 is 0. The van der Waals surface area contributed by atoms with Crippen molar-refractivity contribution in [1.82, 2.24) is 4.57 Å². The Morgan fingerprint density at radius 1 is 1.19 bits per heavy atom. The van der Waals surface area contributed by atoms with Gasteiger partial charge in [0.25, 0.3) is 0 Å². The van der Waals surface area contributed by atoms with Gasteiger partial charge in [-0.3, -0.25) is 4.79 Å². The Hall–Kier alpha value is -3.06. The molecule has 1 aromatic heterocycles. The van der Waals surface area contributed by atoms with Crippen molar-refractivity contribution < 1.29 is 4.79 Å². The van der Waals surface area contributed by atoms with Gasteiger partial charge in [-0.25, -0.2) is 0 Å². The summed E-state index contributed by atoms with van der Waals surface area (Å²) in [6.07, 6.45) is 1.97. The average Bonchev–Trinajstić information content (AvgIpc) is 2.89. The van der Waals surface area contributed by atoms with E-state index in [-0.39, 0.29) is 0 Å². The smallest absolute Gasteiger partial charge is 0.248 e. The molecule has 0 unspecified atom stereocenters. The van der Waals surface area contributed by atoms with E-state index in [0.29, 0.717) is 17.7 Å². The van der Waals surface area contributed by atoms with E-state index in [1.807, 2.05) is 36.5 Å². The van der Waals surface area contributed by atoms with Gasteiger partial charge in [-0.1, -0.05) is 12.1 Å². The van der Waals surface area contributed by atoms with Crippen LogP contribution in [0, 0.1) is 11.3 Å². The number of primary amides is 1. The van der Waals surface area contributed by atoms with Crippen molar-refractivity contribution in [3.63, 3.8) is 0 Å². The summed E-state index contributed by atoms with van der Waals surface area (Å²) in [4.78, 5) is 11.2. The van der Waals surface area contributed by atoms with Gasteiger partial charge >= 0.3 is 0 Å². The zero-order valence-electron chi connectivity index (χ0n) is 11.3. The highest BCUT2D eigenvalue weighted by atomic mass is 16.1. The molecule has 1 amide bonds. The molecule has 0 radical (unpaired) electrons. The number of carbonyl (C=O) groups is 1. The SMILES string of the molecule is N#Cc1ccc2c(ccn2Cc2cccc(C(N)=O)c2)c1. The van der Waals surface area contributed by atoms with Crippen LogP contribution in [0.5, 0.6) is 0 Å². The first kappa shape index (κ1) is 12.9. The summed E-state index contributed by atoms with van der Waals surface area (Å²) in [5.41, 5.74) is 8.52. The second-order valence-electron chi connectivity index (χ2n) is 4.89. The van der Waals surface area contributed by atoms with Gasteiger partial charge in [0.2, 0.25) is 5.91 Å². The lowest BCUT2D eigenvalue weighted by molar-refractivity contribution is 0.1000. The predicted molar refractivity (Wildman–Crippen MR) is 80.7 cm³/mol. The minimum Gasteiger partial charge on any atom is -0.366 e. The van der Waals surface area contributed by atoms with E-state index in [1.165, 1.54) is 0 Å². The zero-order valence-corrected chi connectivity index (χ0v) is 11.3. The van der Waals surface area contributed by atoms with Gasteiger partial charge in [-0.2, -0.15) is 5.26 Å². The maximum Gasteiger partial charge on any atom is 0.248 e. The number of benzene rings is 2. The fourth-order valence-electron chi connectivity index (χ4n) is 2.43. The van der Waals surface area contributed by atoms with Gasteiger partial charge in [0.1, 0.15) is 0 Å². The van der Waals surface area contributed by atoms with Crippen LogP contribution in [-0.4, -0.2) is 10.5 Å². The van der Waals surface area contributed by atoms with Crippen LogP contribution in [0.25, 0.3) is 10.9 Å². The number of hydrogen-bond acceptors (Lipinski definition) is 2. The van der Waals surface area contributed by atoms with Crippen molar-refractivity contribution in [2.45, 2.75) is 6.54 Å². The first-order valence-corrected chi connectivity index (χ1v) is 6.55. The number of nitrogens with two attached hydrogens (primary N) is 1. The number of carbonyl (C=O) groups excluding carboxylic acids is 1. The third kappa shape index (κ3) is 2.49. The monoisotopic (exact) mass is 275 g/mol. The van der Waals surface area contributed by atoms with Crippen LogP contribution in [-0.2, 0) is 6.54 Å². The molecule has 0 aliphatic rings. The molecule has 0 fully saturated rings. The van der Waals surface area contributed by atoms with Crippen molar-refractivity contribution in [3.8, 4) is 6.07 Å². The van der Waals surface area contributed by atoms with Crippen LogP contribution in [0.1, 0.15) is 21.5 Å². The molecule has 0 spiro atoms. The highest BCUT2D eigenvalue weighted by Gasteiger charge is 2.05. The van der Waals surface area contributed by atoms with Crippen molar-refractivity contribution in [3.05, 3.63) is 71.4 Å². The van der Waals surface area contributed by atoms with E-state index >= 15 is 0 Å². The lowest BCUT2D eigenvalue weighted by Crippen LogP contribution is -2.11. The molecule has 0 saturated carbocycles. The van der Waals surface area contributed by atoms with Gasteiger partial charge in [0.15, 0.2) is 0 Å². The third-order valence-electron chi connectivity index (χ3n) is 3.46. The van der Waals surface area contributed by atoms with E-state index in [9.17, 15) is 4.79 Å². The quantitative estimate of drug-likeness (QED) is 0.798. The first-order chi connectivity index (χ1) is 10.2. The van der Waals surface area contributed by atoms with E-state index in [4.69, 9.17) is 11.0 Å². The molecule has 0 saturated heterocycles. The summed E-state index contributed by atoms with van der Waals surface area (Å²) in [7, 11) is 0. The van der Waals surface area contributed by atoms with Crippen molar-refractivity contribution in [1.29, 1.82) is 5.26 Å². The Kier molecular flexibility index (Phi) is 3.17. The van der Waals surface area contributed by atoms with Crippen molar-refractivity contribution in [2.75, 3.05) is 0 Å². The van der Waals surface area contributed by atoms with E-state index < -0.39 is 5.91 Å². The topological polar surface area (TPSA) is 71.8 Å². The third-order valence-corrected chi connectivity index (χ3v) is 3.46. The molecular formula is C17H13N3O. The molecule has 4 nitrogen and oxygen atoms in total. The lowest BCUT2D eigenvalue weighted by Gasteiger charge is -2.07. The molecule has 0 atom stereocenters. The normalized spacial score (nSPS) is 10.4. The summed E-state index contributed by atoms with van der Waals surface area (Å²) in [5.74, 6) is -0.423. The fourth-order valence-corrected chi connectivity index (χ4v) is 2.43. The number of amides is 1. The highest BCUT2D eigenvalue weighted by Crippen LogP contribution is 2.19. The standard InChI is InChI=1S/C17H13N3O/c18-10-12-4-5-16-14(8-12)6-7-20(16)11-13-2-1-3-15(9-13)17(19)21/h1-9H,11H2,(H2,19,21). The van der Waals surface area contributed by atoms with Crippen LogP contribution in [0.15, 0.2) is 54.7 Å². The summed E-state index contributed by atoms with van der Waals surface area (Å²) in [6.45, 7) is 0.649. The summed E-state index contributed by atoms with van der Waals surface area (Å²) in [6, 6.07) is 17.0. The van der Waals surface area contributed by atoms with Gasteiger partial charge in [-0.15, -0.1) is 0 Å². The number of fused-ring (bicyclic) bond motifs is 1. The van der Waals surface area contributed by atoms with Crippen molar-refractivity contribution >= 4 is 16.8 Å². The minimum absolute atomic E-state index is 0.423. The molecule has 3 aromatic rings. The maximum absolute atomic E-state index is 11.2. The predicted octanol–water partition coefficient (Wildman–Crippen LogP) is 2.66. The largest absolute Gasteiger partial charge is 0.366 e. The zero-order chi connectivity index (χ0) is 14.8. The molecule has 0 aliphatic heterocycles. The molecule has 1 heterocycles. The molecular weight excluding hydrogens is 262 g/mol. The van der Waals surface area contributed by atoms with E-state index in [2.05, 4.69) is 10.6 Å². The Morgan fingerprint density at radius 3 is 2.81 bits per heavy atom. The first-order valence-electron chi connectivity index (χ1n) is 6.55. The molecule has 2 N–H and O–H groups in total. The molecule has 0 aliphatic carbocycles.